The number of nitrogens with one attached hydrogen (secondary N) is 1. The van der Waals surface area contributed by atoms with E-state index in [-0.39, 0.29) is 5.91 Å². The summed E-state index contributed by atoms with van der Waals surface area (Å²) in [5, 5.41) is 2.89. The Kier molecular flexibility index (Phi) is 3.67. The van der Waals surface area contributed by atoms with E-state index < -0.39 is 0 Å². The number of carbonyl (C=O) groups is 1. The van der Waals surface area contributed by atoms with Gasteiger partial charge in [0.25, 0.3) is 5.91 Å². The molecule has 1 amide bonds. The molecule has 22 heavy (non-hydrogen) atoms. The second-order valence-electron chi connectivity index (χ2n) is 5.75. The van der Waals surface area contributed by atoms with Crippen molar-refractivity contribution in [1.29, 1.82) is 0 Å². The van der Waals surface area contributed by atoms with Crippen LogP contribution in [0.3, 0.4) is 0 Å². The van der Waals surface area contributed by atoms with Crippen LogP contribution in [0.2, 0.25) is 0 Å². The molecule has 4 nitrogen and oxygen atoms in total. The lowest BCUT2D eigenvalue weighted by Crippen LogP contribution is -2.12. The highest BCUT2D eigenvalue weighted by atomic mass is 16.1. The number of aromatic nitrogens is 2. The van der Waals surface area contributed by atoms with Gasteiger partial charge < -0.3 is 9.72 Å². The molecule has 0 fully saturated rings. The van der Waals surface area contributed by atoms with Gasteiger partial charge in [0, 0.05) is 17.6 Å². The summed E-state index contributed by atoms with van der Waals surface area (Å²) in [6.45, 7) is 6.28. The lowest BCUT2D eigenvalue weighted by molar-refractivity contribution is 0.102. The maximum absolute atomic E-state index is 12.3. The Morgan fingerprint density at radius 3 is 2.50 bits per heavy atom. The average Bonchev–Trinajstić information content (AvgIpc) is 2.93. The largest absolute Gasteiger partial charge is 0.321 e. The Morgan fingerprint density at radius 2 is 1.86 bits per heavy atom. The molecule has 0 saturated carbocycles. The van der Waals surface area contributed by atoms with Gasteiger partial charge in [-0.25, -0.2) is 4.98 Å². The highest BCUT2D eigenvalue weighted by molar-refractivity contribution is 6.03. The van der Waals surface area contributed by atoms with Crippen molar-refractivity contribution in [2.75, 3.05) is 5.32 Å². The number of hydrogen-bond donors (Lipinski definition) is 1. The number of aryl methyl sites for hydroxylation is 1. The molecular formula is C18H19N3O. The van der Waals surface area contributed by atoms with Crippen molar-refractivity contribution >= 4 is 17.2 Å². The summed E-state index contributed by atoms with van der Waals surface area (Å²) >= 11 is 0. The van der Waals surface area contributed by atoms with Crippen LogP contribution in [0.1, 0.15) is 41.5 Å². The second kappa shape index (κ2) is 5.64. The molecule has 3 rings (SSSR count). The summed E-state index contributed by atoms with van der Waals surface area (Å²) in [6.07, 6.45) is 1.77. The monoisotopic (exact) mass is 293 g/mol. The first kappa shape index (κ1) is 14.3. The van der Waals surface area contributed by atoms with Crippen molar-refractivity contribution in [2.24, 2.45) is 0 Å². The molecule has 4 heteroatoms. The number of amides is 1. The van der Waals surface area contributed by atoms with Gasteiger partial charge in [-0.3, -0.25) is 4.79 Å². The Morgan fingerprint density at radius 1 is 1.14 bits per heavy atom. The van der Waals surface area contributed by atoms with E-state index >= 15 is 0 Å². The van der Waals surface area contributed by atoms with E-state index in [0.29, 0.717) is 11.6 Å². The molecule has 112 valence electrons. The maximum Gasteiger partial charge on any atom is 0.275 e. The number of rotatable bonds is 3. The highest BCUT2D eigenvalue weighted by Crippen LogP contribution is 2.18. The summed E-state index contributed by atoms with van der Waals surface area (Å²) in [5.74, 6) is 0.284. The van der Waals surface area contributed by atoms with Crippen molar-refractivity contribution in [3.05, 3.63) is 65.6 Å². The number of pyridine rings is 1. The minimum Gasteiger partial charge on any atom is -0.321 e. The minimum atomic E-state index is -0.194. The van der Waals surface area contributed by atoms with Crippen LogP contribution in [0.5, 0.6) is 0 Å². The third-order valence-electron chi connectivity index (χ3n) is 3.76. The zero-order valence-corrected chi connectivity index (χ0v) is 13.0. The average molecular weight is 293 g/mol. The summed E-state index contributed by atoms with van der Waals surface area (Å²) < 4.78 is 1.91. The van der Waals surface area contributed by atoms with Crippen LogP contribution in [0.25, 0.3) is 5.65 Å². The Hall–Kier alpha value is -2.62. The molecular weight excluding hydrogens is 274 g/mol. The van der Waals surface area contributed by atoms with Crippen molar-refractivity contribution < 1.29 is 4.79 Å². The molecule has 0 unspecified atom stereocenters. The van der Waals surface area contributed by atoms with Crippen LogP contribution >= 0.6 is 0 Å². The number of carbonyl (C=O) groups excluding carboxylic acids is 1. The first-order valence-electron chi connectivity index (χ1n) is 7.40. The summed E-state index contributed by atoms with van der Waals surface area (Å²) in [6, 6.07) is 13.7. The molecule has 3 aromatic rings. The Labute approximate surface area is 129 Å². The predicted molar refractivity (Wildman–Crippen MR) is 88.4 cm³/mol. The van der Waals surface area contributed by atoms with Crippen LogP contribution < -0.4 is 5.32 Å². The summed E-state index contributed by atoms with van der Waals surface area (Å²) in [7, 11) is 0. The number of benzene rings is 1. The third kappa shape index (κ3) is 2.72. The van der Waals surface area contributed by atoms with Crippen LogP contribution in [0.4, 0.5) is 5.69 Å². The van der Waals surface area contributed by atoms with Gasteiger partial charge >= 0.3 is 0 Å². The van der Waals surface area contributed by atoms with E-state index in [2.05, 4.69) is 24.1 Å². The summed E-state index contributed by atoms with van der Waals surface area (Å²) in [5.41, 5.74) is 4.28. The minimum absolute atomic E-state index is 0.194. The lowest BCUT2D eigenvalue weighted by atomic mass is 10.0. The van der Waals surface area contributed by atoms with Gasteiger partial charge in [-0.15, -0.1) is 0 Å². The molecule has 2 aromatic heterocycles. The van der Waals surface area contributed by atoms with E-state index in [1.54, 1.807) is 6.20 Å². The third-order valence-corrected chi connectivity index (χ3v) is 3.76. The van der Waals surface area contributed by atoms with Gasteiger partial charge in [-0.1, -0.05) is 32.0 Å². The Bertz CT molecular complexity index is 816. The lowest BCUT2D eigenvalue weighted by Gasteiger charge is -2.07. The molecule has 0 aliphatic rings. The van der Waals surface area contributed by atoms with Crippen molar-refractivity contribution in [2.45, 2.75) is 26.7 Å². The molecule has 2 heterocycles. The second-order valence-corrected chi connectivity index (χ2v) is 5.75. The van der Waals surface area contributed by atoms with E-state index in [1.807, 2.05) is 53.8 Å². The number of fused-ring (bicyclic) bond motifs is 1. The van der Waals surface area contributed by atoms with Crippen LogP contribution in [0, 0.1) is 6.92 Å². The normalized spacial score (nSPS) is 11.1. The molecule has 0 bridgehead atoms. The van der Waals surface area contributed by atoms with Crippen molar-refractivity contribution in [3.8, 4) is 0 Å². The van der Waals surface area contributed by atoms with Gasteiger partial charge in [-0.05, 0) is 42.7 Å². The van der Waals surface area contributed by atoms with Crippen LogP contribution in [-0.2, 0) is 0 Å². The van der Waals surface area contributed by atoms with Crippen molar-refractivity contribution in [3.63, 3.8) is 0 Å². The van der Waals surface area contributed by atoms with Gasteiger partial charge in [0.05, 0.1) is 0 Å². The van der Waals surface area contributed by atoms with E-state index in [0.717, 1.165) is 17.0 Å². The zero-order valence-electron chi connectivity index (χ0n) is 13.0. The first-order chi connectivity index (χ1) is 10.5. The van der Waals surface area contributed by atoms with Gasteiger partial charge in [-0.2, -0.15) is 0 Å². The number of hydrogen-bond acceptors (Lipinski definition) is 2. The molecule has 0 spiro atoms. The van der Waals surface area contributed by atoms with Crippen LogP contribution in [0.15, 0.2) is 48.7 Å². The number of imidazole rings is 1. The molecule has 0 aliphatic heterocycles. The molecule has 1 aromatic carbocycles. The molecule has 0 saturated heterocycles. The molecule has 0 atom stereocenters. The topological polar surface area (TPSA) is 46.4 Å². The SMILES string of the molecule is Cc1cccc2nc(C(=O)Nc3ccc(C(C)C)cc3)cn12. The number of nitrogens with zero attached hydrogens (tertiary/aromatic N) is 2. The van der Waals surface area contributed by atoms with Gasteiger partial charge in [0.2, 0.25) is 0 Å². The van der Waals surface area contributed by atoms with E-state index in [1.165, 1.54) is 5.56 Å². The van der Waals surface area contributed by atoms with Crippen LogP contribution in [-0.4, -0.2) is 15.3 Å². The molecule has 0 aliphatic carbocycles. The highest BCUT2D eigenvalue weighted by Gasteiger charge is 2.11. The molecule has 0 radical (unpaired) electrons. The zero-order chi connectivity index (χ0) is 15.7. The smallest absolute Gasteiger partial charge is 0.275 e. The fourth-order valence-corrected chi connectivity index (χ4v) is 2.40. The van der Waals surface area contributed by atoms with E-state index in [4.69, 9.17) is 0 Å². The van der Waals surface area contributed by atoms with Gasteiger partial charge in [0.1, 0.15) is 11.3 Å². The molecule has 1 N–H and O–H groups in total. The van der Waals surface area contributed by atoms with E-state index in [9.17, 15) is 4.79 Å². The fourth-order valence-electron chi connectivity index (χ4n) is 2.40. The standard InChI is InChI=1S/C18H19N3O/c1-12(2)14-7-9-15(10-8-14)19-18(22)16-11-21-13(3)5-4-6-17(21)20-16/h4-12H,1-3H3,(H,19,22). The van der Waals surface area contributed by atoms with Gasteiger partial charge in [0.15, 0.2) is 0 Å². The fraction of sp³-hybridized carbons (Fsp3) is 0.222. The predicted octanol–water partition coefficient (Wildman–Crippen LogP) is 4.02. The summed E-state index contributed by atoms with van der Waals surface area (Å²) in [4.78, 5) is 16.7. The first-order valence-corrected chi connectivity index (χ1v) is 7.40. The maximum atomic E-state index is 12.3. The Balaban J connectivity index is 1.82. The quantitative estimate of drug-likeness (QED) is 0.793. The van der Waals surface area contributed by atoms with Crippen molar-refractivity contribution in [1.82, 2.24) is 9.38 Å². The number of anilines is 1.